The van der Waals surface area contributed by atoms with Crippen LogP contribution in [0.15, 0.2) is 30.3 Å². The summed E-state index contributed by atoms with van der Waals surface area (Å²) in [6.45, 7) is 1.43. The molecule has 1 atom stereocenters. The van der Waals surface area contributed by atoms with E-state index in [1.807, 2.05) is 18.2 Å². The Kier molecular flexibility index (Phi) is 3.86. The van der Waals surface area contributed by atoms with Gasteiger partial charge in [0, 0.05) is 5.56 Å². The summed E-state index contributed by atoms with van der Waals surface area (Å²) in [4.78, 5) is 0. The van der Waals surface area contributed by atoms with E-state index < -0.39 is 16.5 Å². The normalized spacial score (nSPS) is 12.7. The van der Waals surface area contributed by atoms with E-state index in [0.29, 0.717) is 0 Å². The first-order chi connectivity index (χ1) is 6.97. The molecule has 0 saturated carbocycles. The van der Waals surface area contributed by atoms with Gasteiger partial charge >= 0.3 is 10.4 Å². The van der Waals surface area contributed by atoms with Gasteiger partial charge in [0.15, 0.2) is 0 Å². The van der Waals surface area contributed by atoms with Crippen LogP contribution in [0.1, 0.15) is 12.5 Å². The molecule has 0 aliphatic carbocycles. The van der Waals surface area contributed by atoms with Gasteiger partial charge in [-0.05, 0) is 19.1 Å². The Morgan fingerprint density at radius 3 is 2.47 bits per heavy atom. The van der Waals surface area contributed by atoms with Crippen LogP contribution in [-0.4, -0.2) is 19.1 Å². The fraction of sp³-hybridized carbons (Fsp3) is 0.200. The minimum absolute atomic E-state index is 0.753. The molecule has 0 fully saturated rings. The molecule has 0 spiro atoms. The maximum Gasteiger partial charge on any atom is 0.398 e. The maximum atomic E-state index is 10.3. The molecule has 0 bridgehead atoms. The van der Waals surface area contributed by atoms with Crippen LogP contribution in [0, 0.1) is 11.8 Å². The molecular formula is C10H10O4S. The Morgan fingerprint density at radius 1 is 1.33 bits per heavy atom. The quantitative estimate of drug-likeness (QED) is 0.609. The molecule has 1 aromatic carbocycles. The zero-order valence-electron chi connectivity index (χ0n) is 8.04. The predicted octanol–water partition coefficient (Wildman–Crippen LogP) is 1.25. The summed E-state index contributed by atoms with van der Waals surface area (Å²) in [5.74, 6) is 5.26. The first-order valence-corrected chi connectivity index (χ1v) is 5.56. The topological polar surface area (TPSA) is 63.6 Å². The van der Waals surface area contributed by atoms with Crippen LogP contribution in [0.5, 0.6) is 0 Å². The van der Waals surface area contributed by atoms with Crippen molar-refractivity contribution in [2.45, 2.75) is 13.0 Å². The largest absolute Gasteiger partial charge is 0.398 e. The molecule has 4 nitrogen and oxygen atoms in total. The van der Waals surface area contributed by atoms with Gasteiger partial charge in [0.1, 0.15) is 6.10 Å². The third-order valence-electron chi connectivity index (χ3n) is 1.46. The van der Waals surface area contributed by atoms with Crippen molar-refractivity contribution in [3.8, 4) is 11.8 Å². The molecule has 0 aliphatic heterocycles. The second-order valence-corrected chi connectivity index (χ2v) is 3.85. The van der Waals surface area contributed by atoms with Crippen LogP contribution in [-0.2, 0) is 14.6 Å². The summed E-state index contributed by atoms with van der Waals surface area (Å²) in [7, 11) is -4.43. The van der Waals surface area contributed by atoms with Crippen LogP contribution in [0.25, 0.3) is 0 Å². The van der Waals surface area contributed by atoms with E-state index in [4.69, 9.17) is 4.55 Å². The summed E-state index contributed by atoms with van der Waals surface area (Å²) in [6, 6.07) is 9.06. The van der Waals surface area contributed by atoms with Crippen molar-refractivity contribution in [3.05, 3.63) is 35.9 Å². The molecule has 0 heterocycles. The molecule has 0 aromatic heterocycles. The first kappa shape index (κ1) is 11.7. The Balaban J connectivity index is 2.67. The summed E-state index contributed by atoms with van der Waals surface area (Å²) < 4.78 is 33.2. The van der Waals surface area contributed by atoms with Gasteiger partial charge in [0.2, 0.25) is 0 Å². The molecule has 15 heavy (non-hydrogen) atoms. The highest BCUT2D eigenvalue weighted by Crippen LogP contribution is 1.98. The van der Waals surface area contributed by atoms with Crippen molar-refractivity contribution in [2.75, 3.05) is 0 Å². The lowest BCUT2D eigenvalue weighted by Gasteiger charge is -2.00. The minimum atomic E-state index is -4.43. The first-order valence-electron chi connectivity index (χ1n) is 4.19. The van der Waals surface area contributed by atoms with Gasteiger partial charge in [0.25, 0.3) is 0 Å². The number of hydrogen-bond donors (Lipinski definition) is 1. The minimum Gasteiger partial charge on any atom is -0.263 e. The Hall–Kier alpha value is -1.35. The lowest BCUT2D eigenvalue weighted by molar-refractivity contribution is 0.241. The third-order valence-corrected chi connectivity index (χ3v) is 1.99. The van der Waals surface area contributed by atoms with Gasteiger partial charge in [-0.1, -0.05) is 30.0 Å². The van der Waals surface area contributed by atoms with E-state index in [-0.39, 0.29) is 0 Å². The van der Waals surface area contributed by atoms with Gasteiger partial charge in [-0.15, -0.1) is 0 Å². The van der Waals surface area contributed by atoms with Crippen LogP contribution in [0.2, 0.25) is 0 Å². The second-order valence-electron chi connectivity index (χ2n) is 2.80. The van der Waals surface area contributed by atoms with Gasteiger partial charge in [-0.2, -0.15) is 8.42 Å². The molecule has 0 aliphatic rings. The molecular weight excluding hydrogens is 216 g/mol. The third kappa shape index (κ3) is 5.18. The Labute approximate surface area is 88.8 Å². The van der Waals surface area contributed by atoms with E-state index in [1.54, 1.807) is 12.1 Å². The van der Waals surface area contributed by atoms with Gasteiger partial charge in [-0.25, -0.2) is 4.18 Å². The fourth-order valence-electron chi connectivity index (χ4n) is 0.913. The van der Waals surface area contributed by atoms with E-state index >= 15 is 0 Å². The molecule has 0 saturated heterocycles. The standard InChI is InChI=1S/C10H10O4S/c1-9(14-15(11,12)13)7-8-10-5-3-2-4-6-10/h2-6,9H,1H3,(H,11,12,13)/t9-/m1/s1. The molecule has 1 aromatic rings. The summed E-state index contributed by atoms with van der Waals surface area (Å²) in [6.07, 6.45) is -0.875. The van der Waals surface area contributed by atoms with Gasteiger partial charge in [-0.3, -0.25) is 4.55 Å². The summed E-state index contributed by atoms with van der Waals surface area (Å²) in [5, 5.41) is 0. The zero-order valence-corrected chi connectivity index (χ0v) is 8.86. The van der Waals surface area contributed by atoms with Gasteiger partial charge in [0.05, 0.1) is 0 Å². The molecule has 5 heteroatoms. The highest BCUT2D eigenvalue weighted by molar-refractivity contribution is 7.80. The van der Waals surface area contributed by atoms with Crippen molar-refractivity contribution in [3.63, 3.8) is 0 Å². The van der Waals surface area contributed by atoms with Crippen molar-refractivity contribution in [1.29, 1.82) is 0 Å². The summed E-state index contributed by atoms with van der Waals surface area (Å²) in [5.41, 5.74) is 0.753. The number of rotatable bonds is 2. The van der Waals surface area contributed by atoms with Crippen molar-refractivity contribution >= 4 is 10.4 Å². The van der Waals surface area contributed by atoms with Crippen LogP contribution in [0.3, 0.4) is 0 Å². The van der Waals surface area contributed by atoms with Crippen LogP contribution >= 0.6 is 0 Å². The molecule has 0 unspecified atom stereocenters. The van der Waals surface area contributed by atoms with E-state index in [2.05, 4.69) is 16.0 Å². The number of benzene rings is 1. The SMILES string of the molecule is C[C@H](C#Cc1ccccc1)OS(=O)(=O)O. The fourth-order valence-corrected chi connectivity index (χ4v) is 1.33. The number of hydrogen-bond acceptors (Lipinski definition) is 3. The van der Waals surface area contributed by atoms with E-state index in [1.165, 1.54) is 6.92 Å². The lowest BCUT2D eigenvalue weighted by Crippen LogP contribution is -2.12. The Bertz CT molecular complexity index is 467. The second kappa shape index (κ2) is 4.94. The highest BCUT2D eigenvalue weighted by atomic mass is 32.3. The average molecular weight is 226 g/mol. The van der Waals surface area contributed by atoms with Crippen LogP contribution in [0.4, 0.5) is 0 Å². The molecule has 80 valence electrons. The molecule has 1 N–H and O–H groups in total. The molecule has 0 amide bonds. The van der Waals surface area contributed by atoms with Crippen molar-refractivity contribution < 1.29 is 17.2 Å². The van der Waals surface area contributed by atoms with Gasteiger partial charge < -0.3 is 0 Å². The van der Waals surface area contributed by atoms with Crippen molar-refractivity contribution in [2.24, 2.45) is 0 Å². The average Bonchev–Trinajstić information content (AvgIpc) is 2.14. The molecule has 1 rings (SSSR count). The predicted molar refractivity (Wildman–Crippen MR) is 55.4 cm³/mol. The van der Waals surface area contributed by atoms with E-state index in [0.717, 1.165) is 5.56 Å². The zero-order chi connectivity index (χ0) is 11.3. The Morgan fingerprint density at radius 2 is 1.93 bits per heavy atom. The monoisotopic (exact) mass is 226 g/mol. The van der Waals surface area contributed by atoms with Crippen LogP contribution < -0.4 is 0 Å². The van der Waals surface area contributed by atoms with E-state index in [9.17, 15) is 8.42 Å². The maximum absolute atomic E-state index is 10.3. The van der Waals surface area contributed by atoms with Crippen molar-refractivity contribution in [1.82, 2.24) is 0 Å². The highest BCUT2D eigenvalue weighted by Gasteiger charge is 2.08. The smallest absolute Gasteiger partial charge is 0.263 e. The summed E-state index contributed by atoms with van der Waals surface area (Å²) >= 11 is 0. The molecule has 0 radical (unpaired) electrons. The lowest BCUT2D eigenvalue weighted by atomic mass is 10.2.